The first-order valence-corrected chi connectivity index (χ1v) is 2.33. The van der Waals surface area contributed by atoms with Crippen LogP contribution in [0.5, 0.6) is 0 Å². The predicted octanol–water partition coefficient (Wildman–Crippen LogP) is -0.466. The van der Waals surface area contributed by atoms with Crippen LogP contribution in [0.1, 0.15) is 0 Å². The lowest BCUT2D eigenvalue weighted by molar-refractivity contribution is -0.143. The minimum absolute atomic E-state index is 0.890. The summed E-state index contributed by atoms with van der Waals surface area (Å²) in [5.41, 5.74) is 0. The van der Waals surface area contributed by atoms with Gasteiger partial charge in [-0.25, -0.2) is 4.79 Å². The molecule has 0 aromatic rings. The van der Waals surface area contributed by atoms with Gasteiger partial charge in [0.25, 0.3) is 0 Å². The van der Waals surface area contributed by atoms with Crippen molar-refractivity contribution in [2.45, 2.75) is 6.10 Å². The fourth-order valence-corrected chi connectivity index (χ4v) is 0.427. The number of hydrogen-bond acceptors (Lipinski definition) is 3. The zero-order valence-electron chi connectivity index (χ0n) is 4.48. The maximum Gasteiger partial charge on any atom is 0.572 e. The van der Waals surface area contributed by atoms with Gasteiger partial charge < -0.3 is 14.4 Å². The van der Waals surface area contributed by atoms with Crippen molar-refractivity contribution in [3.8, 4) is 0 Å². The predicted molar refractivity (Wildman–Crippen MR) is 28.5 cm³/mol. The molecule has 0 saturated heterocycles. The van der Waals surface area contributed by atoms with Crippen molar-refractivity contribution in [2.24, 2.45) is 0 Å². The Balaban J connectivity index is 2.50. The molecule has 1 aliphatic heterocycles. The molecule has 1 radical (unpaired) electrons. The molecule has 0 aromatic carbocycles. The first kappa shape index (κ1) is 6.16. The average molecular weight is 127 g/mol. The first-order valence-electron chi connectivity index (χ1n) is 2.33. The number of aliphatic carboxylic acids is 1. The van der Waals surface area contributed by atoms with Crippen LogP contribution >= 0.6 is 0 Å². The third-order valence-electron chi connectivity index (χ3n) is 0.833. The van der Waals surface area contributed by atoms with E-state index in [9.17, 15) is 4.79 Å². The van der Waals surface area contributed by atoms with Gasteiger partial charge in [-0.3, -0.25) is 0 Å². The Bertz CT molecular complexity index is 144. The third kappa shape index (κ3) is 1.46. The van der Waals surface area contributed by atoms with E-state index in [2.05, 4.69) is 9.31 Å². The SMILES string of the molecule is O=C(O)C1C=CO[B]O1. The van der Waals surface area contributed by atoms with Gasteiger partial charge in [0.15, 0.2) is 6.10 Å². The topological polar surface area (TPSA) is 55.8 Å². The van der Waals surface area contributed by atoms with Crippen LogP contribution < -0.4 is 0 Å². The lowest BCUT2D eigenvalue weighted by atomic mass is 10.2. The van der Waals surface area contributed by atoms with Crippen LogP contribution in [-0.2, 0) is 14.1 Å². The van der Waals surface area contributed by atoms with Crippen LogP contribution in [0.25, 0.3) is 0 Å². The summed E-state index contributed by atoms with van der Waals surface area (Å²) in [4.78, 5) is 10.1. The molecular formula is C4H4BO4. The average Bonchev–Trinajstić information content (AvgIpc) is 1.90. The largest absolute Gasteiger partial charge is 0.572 e. The van der Waals surface area contributed by atoms with Crippen LogP contribution in [0.4, 0.5) is 0 Å². The smallest absolute Gasteiger partial charge is 0.543 e. The Morgan fingerprint density at radius 2 is 2.56 bits per heavy atom. The monoisotopic (exact) mass is 127 g/mol. The van der Waals surface area contributed by atoms with Crippen LogP contribution in [0.15, 0.2) is 12.3 Å². The Hall–Kier alpha value is -0.965. The Morgan fingerprint density at radius 3 is 2.89 bits per heavy atom. The summed E-state index contributed by atoms with van der Waals surface area (Å²) in [6.07, 6.45) is 1.68. The van der Waals surface area contributed by atoms with Gasteiger partial charge in [-0.15, -0.1) is 0 Å². The van der Waals surface area contributed by atoms with Gasteiger partial charge >= 0.3 is 13.7 Å². The zero-order valence-corrected chi connectivity index (χ0v) is 4.48. The minimum Gasteiger partial charge on any atom is -0.543 e. The van der Waals surface area contributed by atoms with Crippen LogP contribution in [-0.4, -0.2) is 24.9 Å². The fourth-order valence-electron chi connectivity index (χ4n) is 0.427. The van der Waals surface area contributed by atoms with E-state index in [0.29, 0.717) is 0 Å². The molecule has 1 N–H and O–H groups in total. The maximum absolute atomic E-state index is 10.1. The quantitative estimate of drug-likeness (QED) is 0.484. The normalized spacial score (nSPS) is 24.2. The minimum atomic E-state index is -1.02. The lowest BCUT2D eigenvalue weighted by Crippen LogP contribution is -2.26. The van der Waals surface area contributed by atoms with Gasteiger partial charge in [-0.1, -0.05) is 0 Å². The summed E-state index contributed by atoms with van der Waals surface area (Å²) >= 11 is 0. The van der Waals surface area contributed by atoms with E-state index < -0.39 is 12.1 Å². The number of carboxylic acids is 1. The molecular weight excluding hydrogens is 123 g/mol. The van der Waals surface area contributed by atoms with Crippen LogP contribution in [0.2, 0.25) is 0 Å². The molecule has 0 spiro atoms. The van der Waals surface area contributed by atoms with Gasteiger partial charge in [-0.05, 0) is 6.08 Å². The van der Waals surface area contributed by atoms with Crippen molar-refractivity contribution in [1.29, 1.82) is 0 Å². The Morgan fingerprint density at radius 1 is 1.78 bits per heavy atom. The molecule has 0 bridgehead atoms. The van der Waals surface area contributed by atoms with Gasteiger partial charge in [0.1, 0.15) is 0 Å². The summed E-state index contributed by atoms with van der Waals surface area (Å²) in [6, 6.07) is 0. The Labute approximate surface area is 52.4 Å². The summed E-state index contributed by atoms with van der Waals surface area (Å²) in [6.45, 7) is 0. The van der Waals surface area contributed by atoms with Gasteiger partial charge in [0.05, 0.1) is 6.26 Å². The third-order valence-corrected chi connectivity index (χ3v) is 0.833. The van der Waals surface area contributed by atoms with Crippen molar-refractivity contribution >= 4 is 13.7 Å². The maximum atomic E-state index is 10.1. The molecule has 0 saturated carbocycles. The molecule has 4 nitrogen and oxygen atoms in total. The molecule has 0 fully saturated rings. The molecule has 5 heteroatoms. The first-order chi connectivity index (χ1) is 4.30. The summed E-state index contributed by atoms with van der Waals surface area (Å²) < 4.78 is 8.96. The van der Waals surface area contributed by atoms with Gasteiger partial charge in [-0.2, -0.15) is 0 Å². The van der Waals surface area contributed by atoms with E-state index in [1.165, 1.54) is 12.3 Å². The van der Waals surface area contributed by atoms with Crippen molar-refractivity contribution in [1.82, 2.24) is 0 Å². The number of carbonyl (C=O) groups is 1. The lowest BCUT2D eigenvalue weighted by Gasteiger charge is -2.11. The number of carboxylic acid groups (broad SMARTS) is 1. The van der Waals surface area contributed by atoms with E-state index in [-0.39, 0.29) is 0 Å². The van der Waals surface area contributed by atoms with Gasteiger partial charge in [0.2, 0.25) is 0 Å². The summed E-state index contributed by atoms with van der Waals surface area (Å²) in [5.74, 6) is -1.02. The Kier molecular flexibility index (Phi) is 1.74. The van der Waals surface area contributed by atoms with E-state index >= 15 is 0 Å². The summed E-state index contributed by atoms with van der Waals surface area (Å²) in [7, 11) is 0.985. The second kappa shape index (κ2) is 2.54. The molecule has 1 aliphatic rings. The van der Waals surface area contributed by atoms with Gasteiger partial charge in [0, 0.05) is 0 Å². The highest BCUT2D eigenvalue weighted by Crippen LogP contribution is 1.99. The summed E-state index contributed by atoms with van der Waals surface area (Å²) in [5, 5.41) is 8.29. The fraction of sp³-hybridized carbons (Fsp3) is 0.250. The second-order valence-electron chi connectivity index (χ2n) is 1.46. The zero-order chi connectivity index (χ0) is 6.69. The number of hydrogen-bond donors (Lipinski definition) is 1. The highest BCUT2D eigenvalue weighted by atomic mass is 16.6. The van der Waals surface area contributed by atoms with E-state index in [1.54, 1.807) is 0 Å². The van der Waals surface area contributed by atoms with Crippen LogP contribution in [0.3, 0.4) is 0 Å². The molecule has 1 heterocycles. The second-order valence-corrected chi connectivity index (χ2v) is 1.46. The molecule has 47 valence electrons. The van der Waals surface area contributed by atoms with Crippen LogP contribution in [0, 0.1) is 0 Å². The van der Waals surface area contributed by atoms with Crippen molar-refractivity contribution < 1.29 is 19.2 Å². The molecule has 1 rings (SSSR count). The van der Waals surface area contributed by atoms with Crippen molar-refractivity contribution in [3.05, 3.63) is 12.3 Å². The molecule has 9 heavy (non-hydrogen) atoms. The standard InChI is InChI=1S/C4H4BO4/c6-4(7)3-1-2-8-5-9-3/h1-3H,(H,6,7). The van der Waals surface area contributed by atoms with Crippen molar-refractivity contribution in [2.75, 3.05) is 0 Å². The van der Waals surface area contributed by atoms with E-state index in [1.807, 2.05) is 0 Å². The molecule has 0 aromatic heterocycles. The highest BCUT2D eigenvalue weighted by molar-refractivity contribution is 6.19. The highest BCUT2D eigenvalue weighted by Gasteiger charge is 2.18. The molecule has 1 atom stereocenters. The van der Waals surface area contributed by atoms with E-state index in [0.717, 1.165) is 7.69 Å². The molecule has 1 unspecified atom stereocenters. The number of rotatable bonds is 1. The van der Waals surface area contributed by atoms with E-state index in [4.69, 9.17) is 5.11 Å². The molecule has 0 amide bonds. The molecule has 0 aliphatic carbocycles. The van der Waals surface area contributed by atoms with Crippen molar-refractivity contribution in [3.63, 3.8) is 0 Å².